The van der Waals surface area contributed by atoms with Crippen LogP contribution in [0.5, 0.6) is 5.75 Å². The Kier molecular flexibility index (Phi) is 4.36. The van der Waals surface area contributed by atoms with E-state index in [-0.39, 0.29) is 12.3 Å². The van der Waals surface area contributed by atoms with Crippen LogP contribution in [0.2, 0.25) is 0 Å². The first-order chi connectivity index (χ1) is 7.84. The van der Waals surface area contributed by atoms with Crippen LogP contribution in [-0.2, 0) is 6.54 Å². The quantitative estimate of drug-likeness (QED) is 0.854. The smallest absolute Gasteiger partial charge is 0.417 e. The molecule has 0 saturated carbocycles. The van der Waals surface area contributed by atoms with Gasteiger partial charge in [-0.25, -0.2) is 0 Å². The van der Waals surface area contributed by atoms with Crippen molar-refractivity contribution < 1.29 is 23.0 Å². The van der Waals surface area contributed by atoms with Gasteiger partial charge in [0.1, 0.15) is 12.4 Å². The molecule has 96 valence electrons. The minimum Gasteiger partial charge on any atom is -0.490 e. The molecule has 0 radical (unpaired) electrons. The van der Waals surface area contributed by atoms with E-state index in [9.17, 15) is 13.2 Å². The van der Waals surface area contributed by atoms with Gasteiger partial charge in [0, 0.05) is 12.1 Å². The van der Waals surface area contributed by atoms with Crippen LogP contribution in [-0.4, -0.2) is 24.0 Å². The van der Waals surface area contributed by atoms with E-state index in [2.05, 4.69) is 0 Å². The Hall–Kier alpha value is -1.27. The van der Waals surface area contributed by atoms with Crippen LogP contribution >= 0.6 is 0 Å². The Morgan fingerprint density at radius 1 is 1.41 bits per heavy atom. The number of hydrogen-bond acceptors (Lipinski definition) is 3. The lowest BCUT2D eigenvalue weighted by molar-refractivity contribution is -0.210. The van der Waals surface area contributed by atoms with E-state index in [1.807, 2.05) is 6.92 Å². The molecule has 0 aliphatic carbocycles. The molecule has 1 aromatic rings. The molecular weight excluding hydrogens is 235 g/mol. The van der Waals surface area contributed by atoms with Crippen LogP contribution in [0.3, 0.4) is 0 Å². The summed E-state index contributed by atoms with van der Waals surface area (Å²) in [6.45, 7) is 1.17. The molecule has 0 amide bonds. The standard InChI is InChI=1S/C11H14F3NO2/c1-7-2-3-9(8(4-7)5-15)17-6-10(16)11(12,13)14/h2-4,10,16H,5-6,15H2,1H3. The fourth-order valence-corrected chi connectivity index (χ4v) is 1.27. The number of rotatable bonds is 4. The van der Waals surface area contributed by atoms with Gasteiger partial charge >= 0.3 is 6.18 Å². The normalized spacial score (nSPS) is 13.5. The Bertz CT molecular complexity index is 379. The third-order valence-electron chi connectivity index (χ3n) is 2.21. The maximum absolute atomic E-state index is 12.0. The number of ether oxygens (including phenoxy) is 1. The summed E-state index contributed by atoms with van der Waals surface area (Å²) >= 11 is 0. The van der Waals surface area contributed by atoms with Crippen molar-refractivity contribution in [2.45, 2.75) is 25.7 Å². The van der Waals surface area contributed by atoms with E-state index in [0.717, 1.165) is 5.56 Å². The minimum absolute atomic E-state index is 0.166. The lowest BCUT2D eigenvalue weighted by Crippen LogP contribution is -2.34. The van der Waals surface area contributed by atoms with Crippen LogP contribution in [0.25, 0.3) is 0 Å². The van der Waals surface area contributed by atoms with Crippen LogP contribution in [0.1, 0.15) is 11.1 Å². The van der Waals surface area contributed by atoms with Crippen LogP contribution in [0.4, 0.5) is 13.2 Å². The Morgan fingerprint density at radius 2 is 2.06 bits per heavy atom. The van der Waals surface area contributed by atoms with Gasteiger partial charge in [-0.15, -0.1) is 0 Å². The van der Waals surface area contributed by atoms with Crippen molar-refractivity contribution in [2.75, 3.05) is 6.61 Å². The first-order valence-electron chi connectivity index (χ1n) is 5.01. The van der Waals surface area contributed by atoms with E-state index < -0.39 is 18.9 Å². The van der Waals surface area contributed by atoms with Crippen molar-refractivity contribution in [1.29, 1.82) is 0 Å². The SMILES string of the molecule is Cc1ccc(OCC(O)C(F)(F)F)c(CN)c1. The topological polar surface area (TPSA) is 55.5 Å². The molecule has 0 aliphatic heterocycles. The molecule has 0 bridgehead atoms. The molecule has 3 N–H and O–H groups in total. The number of aryl methyl sites for hydroxylation is 1. The highest BCUT2D eigenvalue weighted by Gasteiger charge is 2.38. The maximum atomic E-state index is 12.0. The predicted octanol–water partition coefficient (Wildman–Crippen LogP) is 1.76. The lowest BCUT2D eigenvalue weighted by atomic mass is 10.1. The van der Waals surface area contributed by atoms with E-state index in [4.69, 9.17) is 15.6 Å². The molecule has 1 rings (SSSR count). The molecule has 0 fully saturated rings. The van der Waals surface area contributed by atoms with Gasteiger partial charge in [-0.05, 0) is 13.0 Å². The van der Waals surface area contributed by atoms with Gasteiger partial charge in [-0.1, -0.05) is 17.7 Å². The average molecular weight is 249 g/mol. The van der Waals surface area contributed by atoms with E-state index in [1.165, 1.54) is 0 Å². The van der Waals surface area contributed by atoms with Crippen molar-refractivity contribution in [3.05, 3.63) is 29.3 Å². The van der Waals surface area contributed by atoms with Gasteiger partial charge in [-0.3, -0.25) is 0 Å². The maximum Gasteiger partial charge on any atom is 0.417 e. The van der Waals surface area contributed by atoms with Crippen LogP contribution in [0.15, 0.2) is 18.2 Å². The van der Waals surface area contributed by atoms with Crippen molar-refractivity contribution in [2.24, 2.45) is 5.73 Å². The van der Waals surface area contributed by atoms with Crippen molar-refractivity contribution in [3.8, 4) is 5.75 Å². The third-order valence-corrected chi connectivity index (χ3v) is 2.21. The van der Waals surface area contributed by atoms with E-state index >= 15 is 0 Å². The average Bonchev–Trinajstić information content (AvgIpc) is 2.25. The second-order valence-corrected chi connectivity index (χ2v) is 3.68. The highest BCUT2D eigenvalue weighted by atomic mass is 19.4. The van der Waals surface area contributed by atoms with Gasteiger partial charge in [0.15, 0.2) is 6.10 Å². The number of halogens is 3. The summed E-state index contributed by atoms with van der Waals surface area (Å²) in [5, 5.41) is 8.78. The highest BCUT2D eigenvalue weighted by molar-refractivity contribution is 5.36. The summed E-state index contributed by atoms with van der Waals surface area (Å²) in [6, 6.07) is 4.98. The van der Waals surface area contributed by atoms with Gasteiger partial charge < -0.3 is 15.6 Å². The molecule has 17 heavy (non-hydrogen) atoms. The van der Waals surface area contributed by atoms with Gasteiger partial charge in [-0.2, -0.15) is 13.2 Å². The fourth-order valence-electron chi connectivity index (χ4n) is 1.27. The van der Waals surface area contributed by atoms with Crippen molar-refractivity contribution in [3.63, 3.8) is 0 Å². The van der Waals surface area contributed by atoms with Gasteiger partial charge in [0.25, 0.3) is 0 Å². The summed E-state index contributed by atoms with van der Waals surface area (Å²) in [5.41, 5.74) is 7.00. The Labute approximate surface area is 97.0 Å². The number of nitrogens with two attached hydrogens (primary N) is 1. The number of aliphatic hydroxyl groups is 1. The Morgan fingerprint density at radius 3 is 2.59 bits per heavy atom. The highest BCUT2D eigenvalue weighted by Crippen LogP contribution is 2.23. The molecule has 1 aromatic carbocycles. The molecular formula is C11H14F3NO2. The summed E-state index contributed by atoms with van der Waals surface area (Å²) in [6.07, 6.45) is -7.16. The van der Waals surface area contributed by atoms with E-state index in [0.29, 0.717) is 5.56 Å². The fraction of sp³-hybridized carbons (Fsp3) is 0.455. The molecule has 0 aromatic heterocycles. The molecule has 0 aliphatic rings. The zero-order chi connectivity index (χ0) is 13.1. The summed E-state index contributed by atoms with van der Waals surface area (Å²) in [5.74, 6) is 0.265. The number of hydrogen-bond donors (Lipinski definition) is 2. The molecule has 1 atom stereocenters. The van der Waals surface area contributed by atoms with E-state index in [1.54, 1.807) is 18.2 Å². The molecule has 0 saturated heterocycles. The number of benzene rings is 1. The third kappa shape index (κ3) is 3.90. The monoisotopic (exact) mass is 249 g/mol. The summed E-state index contributed by atoms with van der Waals surface area (Å²) in [4.78, 5) is 0. The molecule has 0 spiro atoms. The predicted molar refractivity (Wildman–Crippen MR) is 56.6 cm³/mol. The van der Waals surface area contributed by atoms with Crippen LogP contribution < -0.4 is 10.5 Å². The molecule has 3 nitrogen and oxygen atoms in total. The van der Waals surface area contributed by atoms with Crippen molar-refractivity contribution in [1.82, 2.24) is 0 Å². The summed E-state index contributed by atoms with van der Waals surface area (Å²) < 4.78 is 41.1. The second-order valence-electron chi connectivity index (χ2n) is 3.68. The molecule has 1 unspecified atom stereocenters. The molecule has 0 heterocycles. The summed E-state index contributed by atoms with van der Waals surface area (Å²) in [7, 11) is 0. The Balaban J connectivity index is 2.69. The van der Waals surface area contributed by atoms with Gasteiger partial charge in [0.2, 0.25) is 0 Å². The molecule has 6 heteroatoms. The first kappa shape index (κ1) is 13.8. The first-order valence-corrected chi connectivity index (χ1v) is 5.01. The lowest BCUT2D eigenvalue weighted by Gasteiger charge is -2.17. The zero-order valence-corrected chi connectivity index (χ0v) is 9.29. The zero-order valence-electron chi connectivity index (χ0n) is 9.29. The van der Waals surface area contributed by atoms with Gasteiger partial charge in [0.05, 0.1) is 0 Å². The second kappa shape index (κ2) is 5.37. The minimum atomic E-state index is -4.67. The number of alkyl halides is 3. The van der Waals surface area contributed by atoms with Crippen LogP contribution in [0, 0.1) is 6.92 Å². The largest absolute Gasteiger partial charge is 0.490 e. The van der Waals surface area contributed by atoms with Crippen molar-refractivity contribution >= 4 is 0 Å². The number of aliphatic hydroxyl groups excluding tert-OH is 1.